The molecule has 0 spiro atoms. The average molecular weight is 372 g/mol. The van der Waals surface area contributed by atoms with Crippen LogP contribution >= 0.6 is 0 Å². The second kappa shape index (κ2) is 7.51. The third-order valence-electron chi connectivity index (χ3n) is 3.57. The Balaban J connectivity index is 2.15. The molecule has 0 fully saturated rings. The van der Waals surface area contributed by atoms with Crippen LogP contribution in [-0.2, 0) is 17.4 Å². The van der Waals surface area contributed by atoms with Crippen molar-refractivity contribution in [1.82, 2.24) is 5.32 Å². The summed E-state index contributed by atoms with van der Waals surface area (Å²) in [7, 11) is 0. The second-order valence-electron chi connectivity index (χ2n) is 5.43. The molecule has 1 atom stereocenters. The van der Waals surface area contributed by atoms with E-state index < -0.39 is 46.8 Å². The molecule has 0 unspecified atom stereocenters. The normalized spacial score (nSPS) is 12.5. The Morgan fingerprint density at radius 1 is 1.04 bits per heavy atom. The van der Waals surface area contributed by atoms with E-state index in [1.807, 2.05) is 0 Å². The monoisotopic (exact) mass is 372 g/mol. The smallest absolute Gasteiger partial charge is 0.368 e. The molecule has 26 heavy (non-hydrogen) atoms. The molecule has 2 aromatic rings. The van der Waals surface area contributed by atoms with Crippen LogP contribution in [0.1, 0.15) is 21.5 Å². The molecule has 9 heteroatoms. The van der Waals surface area contributed by atoms with Crippen LogP contribution in [0.4, 0.5) is 22.0 Å². The molecule has 0 heterocycles. The number of carbonyl (C=O) groups is 2. The maximum Gasteiger partial charge on any atom is 0.416 e. The molecular weight excluding hydrogens is 359 g/mol. The SMILES string of the molecule is NC(=O)[C@@H](Cc1ccc(C(F)(F)F)cc1)NC(=O)c1cccc(F)c1F. The van der Waals surface area contributed by atoms with Gasteiger partial charge in [0, 0.05) is 6.42 Å². The lowest BCUT2D eigenvalue weighted by Crippen LogP contribution is -2.46. The first-order valence-electron chi connectivity index (χ1n) is 7.30. The van der Waals surface area contributed by atoms with E-state index >= 15 is 0 Å². The quantitative estimate of drug-likeness (QED) is 0.793. The summed E-state index contributed by atoms with van der Waals surface area (Å²) in [6.45, 7) is 0. The van der Waals surface area contributed by atoms with Gasteiger partial charge in [-0.05, 0) is 29.8 Å². The van der Waals surface area contributed by atoms with E-state index in [1.165, 1.54) is 0 Å². The number of carbonyl (C=O) groups excluding carboxylic acids is 2. The van der Waals surface area contributed by atoms with Crippen molar-refractivity contribution in [2.45, 2.75) is 18.6 Å². The molecule has 0 radical (unpaired) electrons. The number of halogens is 5. The van der Waals surface area contributed by atoms with E-state index in [4.69, 9.17) is 5.73 Å². The molecule has 4 nitrogen and oxygen atoms in total. The van der Waals surface area contributed by atoms with Crippen molar-refractivity contribution in [1.29, 1.82) is 0 Å². The minimum atomic E-state index is -4.51. The average Bonchev–Trinajstić information content (AvgIpc) is 2.56. The summed E-state index contributed by atoms with van der Waals surface area (Å²) in [5, 5.41) is 2.15. The summed E-state index contributed by atoms with van der Waals surface area (Å²) >= 11 is 0. The maximum absolute atomic E-state index is 13.6. The highest BCUT2D eigenvalue weighted by Gasteiger charge is 2.30. The Labute approximate surface area is 144 Å². The van der Waals surface area contributed by atoms with Gasteiger partial charge in [0.15, 0.2) is 11.6 Å². The molecule has 3 N–H and O–H groups in total. The molecule has 138 valence electrons. The fourth-order valence-electron chi connectivity index (χ4n) is 2.20. The van der Waals surface area contributed by atoms with Crippen LogP contribution in [0.3, 0.4) is 0 Å². The Hall–Kier alpha value is -2.97. The zero-order valence-corrected chi connectivity index (χ0v) is 13.1. The van der Waals surface area contributed by atoms with E-state index in [1.54, 1.807) is 0 Å². The summed E-state index contributed by atoms with van der Waals surface area (Å²) in [5.74, 6) is -4.67. The third-order valence-corrected chi connectivity index (χ3v) is 3.57. The van der Waals surface area contributed by atoms with Gasteiger partial charge in [0.1, 0.15) is 6.04 Å². The summed E-state index contributed by atoms with van der Waals surface area (Å²) in [5.41, 5.74) is 3.98. The Morgan fingerprint density at radius 3 is 2.19 bits per heavy atom. The summed E-state index contributed by atoms with van der Waals surface area (Å²) in [6.07, 6.45) is -4.72. The molecule has 2 rings (SSSR count). The lowest BCUT2D eigenvalue weighted by molar-refractivity contribution is -0.137. The fraction of sp³-hybridized carbons (Fsp3) is 0.176. The third kappa shape index (κ3) is 4.56. The topological polar surface area (TPSA) is 72.2 Å². The van der Waals surface area contributed by atoms with Gasteiger partial charge < -0.3 is 11.1 Å². The van der Waals surface area contributed by atoms with Gasteiger partial charge in [-0.15, -0.1) is 0 Å². The van der Waals surface area contributed by atoms with Gasteiger partial charge >= 0.3 is 6.18 Å². The van der Waals surface area contributed by atoms with Crippen molar-refractivity contribution in [3.63, 3.8) is 0 Å². The Morgan fingerprint density at radius 2 is 1.65 bits per heavy atom. The first-order chi connectivity index (χ1) is 12.1. The Bertz CT molecular complexity index is 819. The number of primary amides is 1. The van der Waals surface area contributed by atoms with E-state index in [9.17, 15) is 31.5 Å². The number of rotatable bonds is 5. The minimum absolute atomic E-state index is 0.212. The van der Waals surface area contributed by atoms with E-state index in [2.05, 4.69) is 5.32 Å². The molecule has 0 aliphatic rings. The van der Waals surface area contributed by atoms with Gasteiger partial charge in [-0.25, -0.2) is 8.78 Å². The van der Waals surface area contributed by atoms with Crippen LogP contribution in [0.2, 0.25) is 0 Å². The van der Waals surface area contributed by atoms with Crippen LogP contribution in [0.5, 0.6) is 0 Å². The molecule has 2 aromatic carbocycles. The molecule has 0 aliphatic carbocycles. The number of benzene rings is 2. The zero-order chi connectivity index (χ0) is 19.5. The molecule has 0 bridgehead atoms. The van der Waals surface area contributed by atoms with Gasteiger partial charge in [-0.2, -0.15) is 13.2 Å². The standard InChI is InChI=1S/C17H13F5N2O2/c18-12-3-1-2-11(14(12)19)16(26)24-13(15(23)25)8-9-4-6-10(7-5-9)17(20,21)22/h1-7,13H,8H2,(H2,23,25)(H,24,26)/t13-/m1/s1. The molecule has 0 aromatic heterocycles. The predicted octanol–water partition coefficient (Wildman–Crippen LogP) is 2.81. The fourth-order valence-corrected chi connectivity index (χ4v) is 2.20. The van der Waals surface area contributed by atoms with Crippen LogP contribution in [0.25, 0.3) is 0 Å². The first kappa shape index (κ1) is 19.4. The molecule has 0 aliphatic heterocycles. The van der Waals surface area contributed by atoms with Gasteiger partial charge in [0.25, 0.3) is 5.91 Å². The van der Waals surface area contributed by atoms with E-state index in [-0.39, 0.29) is 6.42 Å². The molecule has 0 saturated heterocycles. The van der Waals surface area contributed by atoms with Crippen LogP contribution in [0.15, 0.2) is 42.5 Å². The lowest BCUT2D eigenvalue weighted by atomic mass is 10.0. The van der Waals surface area contributed by atoms with Gasteiger partial charge in [0.2, 0.25) is 5.91 Å². The molecule has 0 saturated carbocycles. The number of hydrogen-bond donors (Lipinski definition) is 2. The first-order valence-corrected chi connectivity index (χ1v) is 7.30. The lowest BCUT2D eigenvalue weighted by Gasteiger charge is -2.16. The largest absolute Gasteiger partial charge is 0.416 e. The number of hydrogen-bond acceptors (Lipinski definition) is 2. The number of amides is 2. The number of alkyl halides is 3. The van der Waals surface area contributed by atoms with Gasteiger partial charge in [-0.1, -0.05) is 18.2 Å². The zero-order valence-electron chi connectivity index (χ0n) is 13.1. The Kier molecular flexibility index (Phi) is 5.59. The van der Waals surface area contributed by atoms with Crippen molar-refractivity contribution < 1.29 is 31.5 Å². The highest BCUT2D eigenvalue weighted by Crippen LogP contribution is 2.29. The van der Waals surface area contributed by atoms with E-state index in [0.29, 0.717) is 5.56 Å². The van der Waals surface area contributed by atoms with Crippen LogP contribution in [-0.4, -0.2) is 17.9 Å². The second-order valence-corrected chi connectivity index (χ2v) is 5.43. The molecule has 2 amide bonds. The predicted molar refractivity (Wildman–Crippen MR) is 82.0 cm³/mol. The highest BCUT2D eigenvalue weighted by atomic mass is 19.4. The van der Waals surface area contributed by atoms with Crippen LogP contribution in [0, 0.1) is 11.6 Å². The maximum atomic E-state index is 13.6. The van der Waals surface area contributed by atoms with E-state index in [0.717, 1.165) is 42.5 Å². The number of nitrogens with two attached hydrogens (primary N) is 1. The van der Waals surface area contributed by atoms with Gasteiger partial charge in [-0.3, -0.25) is 9.59 Å². The van der Waals surface area contributed by atoms with Crippen molar-refractivity contribution in [3.05, 3.63) is 70.8 Å². The van der Waals surface area contributed by atoms with Crippen molar-refractivity contribution >= 4 is 11.8 Å². The van der Waals surface area contributed by atoms with Gasteiger partial charge in [0.05, 0.1) is 11.1 Å². The van der Waals surface area contributed by atoms with Crippen molar-refractivity contribution in [3.8, 4) is 0 Å². The molecular formula is C17H13F5N2O2. The highest BCUT2D eigenvalue weighted by molar-refractivity contribution is 5.97. The summed E-state index contributed by atoms with van der Waals surface area (Å²) in [4.78, 5) is 23.5. The van der Waals surface area contributed by atoms with Crippen molar-refractivity contribution in [2.24, 2.45) is 5.73 Å². The summed E-state index contributed by atoms with van der Waals surface area (Å²) in [6, 6.07) is 5.54. The summed E-state index contributed by atoms with van der Waals surface area (Å²) < 4.78 is 64.4. The van der Waals surface area contributed by atoms with Crippen molar-refractivity contribution in [2.75, 3.05) is 0 Å². The minimum Gasteiger partial charge on any atom is -0.368 e. The number of nitrogens with one attached hydrogen (secondary N) is 1. The van der Waals surface area contributed by atoms with Crippen LogP contribution < -0.4 is 11.1 Å².